The molecule has 0 saturated heterocycles. The van der Waals surface area contributed by atoms with E-state index in [1.54, 1.807) is 38.3 Å². The fraction of sp³-hybridized carbons (Fsp3) is 0.312. The summed E-state index contributed by atoms with van der Waals surface area (Å²) in [4.78, 5) is 37.3. The van der Waals surface area contributed by atoms with Gasteiger partial charge in [0.1, 0.15) is 0 Å². The third-order valence-electron chi connectivity index (χ3n) is 7.10. The van der Waals surface area contributed by atoms with Crippen LogP contribution in [0, 0.1) is 27.7 Å². The SMILES string of the molecule is CCOC(=O)C1=C(C)NC(=O)N[C@H]1c1ccc(OCC(=O)N/N=C\c2cc(C)n(-c3ccc(C)cc3C)c2C)c(OC)c1. The number of carbonyl (C=O) groups is 3. The highest BCUT2D eigenvalue weighted by molar-refractivity contribution is 5.95. The first kappa shape index (κ1) is 30.9. The molecule has 1 aliphatic rings. The third kappa shape index (κ3) is 6.88. The molecule has 0 aliphatic carbocycles. The molecule has 1 atom stereocenters. The maximum atomic E-state index is 12.6. The average molecular weight is 588 g/mol. The van der Waals surface area contributed by atoms with Crippen molar-refractivity contribution in [3.05, 3.63) is 87.4 Å². The Morgan fingerprint density at radius 3 is 2.51 bits per heavy atom. The fourth-order valence-electron chi connectivity index (χ4n) is 5.10. The lowest BCUT2D eigenvalue weighted by Crippen LogP contribution is -2.45. The van der Waals surface area contributed by atoms with Crippen LogP contribution in [0.2, 0.25) is 0 Å². The molecule has 11 nitrogen and oxygen atoms in total. The molecule has 0 unspecified atom stereocenters. The zero-order valence-corrected chi connectivity index (χ0v) is 25.5. The predicted molar refractivity (Wildman–Crippen MR) is 163 cm³/mol. The maximum Gasteiger partial charge on any atom is 0.338 e. The molecule has 2 heterocycles. The maximum absolute atomic E-state index is 12.6. The summed E-state index contributed by atoms with van der Waals surface area (Å²) in [6.07, 6.45) is 1.61. The number of rotatable bonds is 10. The average Bonchev–Trinajstić information content (AvgIpc) is 3.23. The number of methoxy groups -OCH3 is 1. The van der Waals surface area contributed by atoms with Crippen LogP contribution in [0.25, 0.3) is 5.69 Å². The molecule has 11 heteroatoms. The number of hydrogen-bond donors (Lipinski definition) is 3. The summed E-state index contributed by atoms with van der Waals surface area (Å²) < 4.78 is 18.5. The number of nitrogens with one attached hydrogen (secondary N) is 3. The van der Waals surface area contributed by atoms with Gasteiger partial charge >= 0.3 is 12.0 Å². The van der Waals surface area contributed by atoms with Gasteiger partial charge in [-0.25, -0.2) is 15.0 Å². The second-order valence-electron chi connectivity index (χ2n) is 10.2. The van der Waals surface area contributed by atoms with Crippen LogP contribution >= 0.6 is 0 Å². The van der Waals surface area contributed by atoms with E-state index < -0.39 is 23.9 Å². The lowest BCUT2D eigenvalue weighted by Gasteiger charge is -2.28. The van der Waals surface area contributed by atoms with Crippen LogP contribution in [-0.2, 0) is 14.3 Å². The first-order valence-corrected chi connectivity index (χ1v) is 13.9. The van der Waals surface area contributed by atoms with Crippen molar-refractivity contribution in [2.24, 2.45) is 5.10 Å². The molecule has 1 aromatic heterocycles. The number of nitrogens with zero attached hydrogens (tertiary/aromatic N) is 2. The summed E-state index contributed by atoms with van der Waals surface area (Å²) in [6, 6.07) is 12.1. The van der Waals surface area contributed by atoms with E-state index in [9.17, 15) is 14.4 Å². The van der Waals surface area contributed by atoms with Crippen molar-refractivity contribution < 1.29 is 28.6 Å². The molecule has 0 spiro atoms. The summed E-state index contributed by atoms with van der Waals surface area (Å²) in [6.45, 7) is 11.4. The van der Waals surface area contributed by atoms with Gasteiger partial charge in [-0.05, 0) is 76.9 Å². The first-order valence-electron chi connectivity index (χ1n) is 13.9. The Balaban J connectivity index is 1.42. The van der Waals surface area contributed by atoms with Crippen molar-refractivity contribution in [1.29, 1.82) is 0 Å². The van der Waals surface area contributed by atoms with E-state index in [2.05, 4.69) is 57.8 Å². The van der Waals surface area contributed by atoms with Gasteiger partial charge in [0.2, 0.25) is 0 Å². The molecule has 43 heavy (non-hydrogen) atoms. The molecule has 0 bridgehead atoms. The topological polar surface area (TPSA) is 132 Å². The van der Waals surface area contributed by atoms with Gasteiger partial charge in [-0.15, -0.1) is 0 Å². The number of hydrogen-bond acceptors (Lipinski definition) is 7. The van der Waals surface area contributed by atoms with Gasteiger partial charge in [-0.3, -0.25) is 4.79 Å². The van der Waals surface area contributed by atoms with E-state index in [1.165, 1.54) is 18.2 Å². The Bertz CT molecular complexity index is 1620. The zero-order chi connectivity index (χ0) is 31.3. The van der Waals surface area contributed by atoms with Gasteiger partial charge in [0.25, 0.3) is 5.91 Å². The van der Waals surface area contributed by atoms with Crippen molar-refractivity contribution >= 4 is 24.1 Å². The van der Waals surface area contributed by atoms with Crippen LogP contribution in [0.15, 0.2) is 58.8 Å². The number of aryl methyl sites for hydroxylation is 3. The minimum atomic E-state index is -0.759. The number of hydrazone groups is 1. The molecule has 3 aromatic rings. The first-order chi connectivity index (χ1) is 20.5. The van der Waals surface area contributed by atoms with Gasteiger partial charge in [-0.1, -0.05) is 23.8 Å². The highest BCUT2D eigenvalue weighted by Crippen LogP contribution is 2.34. The molecule has 0 fully saturated rings. The number of urea groups is 1. The van der Waals surface area contributed by atoms with Gasteiger partial charge in [-0.2, -0.15) is 5.10 Å². The quantitative estimate of drug-likeness (QED) is 0.183. The molecule has 3 amide bonds. The Kier molecular flexibility index (Phi) is 9.54. The lowest BCUT2D eigenvalue weighted by atomic mass is 9.95. The highest BCUT2D eigenvalue weighted by atomic mass is 16.5. The number of carbonyl (C=O) groups excluding carboxylic acids is 3. The monoisotopic (exact) mass is 587 g/mol. The third-order valence-corrected chi connectivity index (χ3v) is 7.10. The van der Waals surface area contributed by atoms with Crippen molar-refractivity contribution in [3.8, 4) is 17.2 Å². The smallest absolute Gasteiger partial charge is 0.338 e. The van der Waals surface area contributed by atoms with Gasteiger partial charge in [0.15, 0.2) is 18.1 Å². The summed E-state index contributed by atoms with van der Waals surface area (Å²) in [5.41, 5.74) is 10.2. The van der Waals surface area contributed by atoms with E-state index in [1.807, 2.05) is 19.9 Å². The fourth-order valence-corrected chi connectivity index (χ4v) is 5.10. The van der Waals surface area contributed by atoms with Crippen LogP contribution in [0.4, 0.5) is 4.79 Å². The van der Waals surface area contributed by atoms with Gasteiger partial charge < -0.3 is 29.4 Å². The summed E-state index contributed by atoms with van der Waals surface area (Å²) in [7, 11) is 1.46. The highest BCUT2D eigenvalue weighted by Gasteiger charge is 2.32. The summed E-state index contributed by atoms with van der Waals surface area (Å²) in [5.74, 6) is -0.372. The molecule has 226 valence electrons. The standard InChI is InChI=1S/C32H37N5O6/c1-8-42-31(39)29-21(5)34-32(40)35-30(29)23-10-12-26(27(15-23)41-7)43-17-28(38)36-33-16-24-14-20(4)37(22(24)6)25-11-9-18(2)13-19(25)3/h9-16,30H,8,17H2,1-7H3,(H,36,38)(H2,34,35,40)/b33-16-/t30-/m0/s1. The molecule has 0 radical (unpaired) electrons. The number of ether oxygens (including phenoxy) is 3. The molecule has 3 N–H and O–H groups in total. The van der Waals surface area contributed by atoms with Crippen LogP contribution < -0.4 is 25.5 Å². The van der Waals surface area contributed by atoms with Crippen LogP contribution in [0.3, 0.4) is 0 Å². The zero-order valence-electron chi connectivity index (χ0n) is 25.5. The normalized spacial score (nSPS) is 14.8. The van der Waals surface area contributed by atoms with Gasteiger partial charge in [0, 0.05) is 28.3 Å². The van der Waals surface area contributed by atoms with Crippen molar-refractivity contribution in [2.45, 2.75) is 47.6 Å². The van der Waals surface area contributed by atoms with Crippen molar-refractivity contribution in [3.63, 3.8) is 0 Å². The summed E-state index contributed by atoms with van der Waals surface area (Å²) in [5, 5.41) is 9.48. The van der Waals surface area contributed by atoms with Crippen LogP contribution in [0.1, 0.15) is 53.5 Å². The number of benzene rings is 2. The number of esters is 1. The van der Waals surface area contributed by atoms with Crippen molar-refractivity contribution in [2.75, 3.05) is 20.3 Å². The number of aromatic nitrogens is 1. The Hall–Kier alpha value is -5.06. The molecular weight excluding hydrogens is 550 g/mol. The van der Waals surface area contributed by atoms with E-state index in [0.717, 1.165) is 22.6 Å². The van der Waals surface area contributed by atoms with E-state index >= 15 is 0 Å². The molecule has 2 aromatic carbocycles. The van der Waals surface area contributed by atoms with E-state index in [0.29, 0.717) is 22.8 Å². The molecule has 4 rings (SSSR count). The number of allylic oxidation sites excluding steroid dienone is 1. The van der Waals surface area contributed by atoms with Crippen LogP contribution in [-0.4, -0.2) is 49.0 Å². The predicted octanol–water partition coefficient (Wildman–Crippen LogP) is 4.44. The Morgan fingerprint density at radius 2 is 1.81 bits per heavy atom. The largest absolute Gasteiger partial charge is 0.493 e. The Labute approximate surface area is 250 Å². The second kappa shape index (κ2) is 13.3. The van der Waals surface area contributed by atoms with Crippen LogP contribution in [0.5, 0.6) is 11.5 Å². The summed E-state index contributed by atoms with van der Waals surface area (Å²) >= 11 is 0. The van der Waals surface area contributed by atoms with E-state index in [4.69, 9.17) is 14.2 Å². The molecule has 1 aliphatic heterocycles. The van der Waals surface area contributed by atoms with E-state index in [-0.39, 0.29) is 18.8 Å². The second-order valence-corrected chi connectivity index (χ2v) is 10.2. The van der Waals surface area contributed by atoms with Gasteiger partial charge in [0.05, 0.1) is 31.5 Å². The van der Waals surface area contributed by atoms with Crippen molar-refractivity contribution in [1.82, 2.24) is 20.6 Å². The molecular formula is C32H37N5O6. The minimum Gasteiger partial charge on any atom is -0.493 e. The lowest BCUT2D eigenvalue weighted by molar-refractivity contribution is -0.139. The minimum absolute atomic E-state index is 0.192. The Morgan fingerprint density at radius 1 is 1.05 bits per heavy atom. The number of amides is 3. The molecule has 0 saturated carbocycles.